The Hall–Kier alpha value is -2.29. The number of carbonyl (C=O) groups is 1. The molecule has 0 saturated carbocycles. The van der Waals surface area contributed by atoms with E-state index in [0.29, 0.717) is 6.61 Å². The van der Waals surface area contributed by atoms with Crippen LogP contribution in [0, 0.1) is 0 Å². The molecule has 0 aliphatic carbocycles. The van der Waals surface area contributed by atoms with E-state index in [0.717, 1.165) is 11.3 Å². The zero-order valence-electron chi connectivity index (χ0n) is 13.4. The molecule has 0 heterocycles. The lowest BCUT2D eigenvalue weighted by molar-refractivity contribution is -0.142. The molecule has 116 valence electrons. The Morgan fingerprint density at radius 1 is 1.00 bits per heavy atom. The molecule has 0 unspecified atom stereocenters. The average Bonchev–Trinajstić information content (AvgIpc) is 2.51. The number of anilines is 1. The standard InChI is InChI=1S/C19H23NO2/c1-19(2,3)16-9-11-17(12-10-16)20-13-18(21)22-14-15-7-5-4-6-8-15/h4-12,20H,13-14H2,1-3H3. The Morgan fingerprint density at radius 3 is 2.23 bits per heavy atom. The fourth-order valence-corrected chi connectivity index (χ4v) is 2.05. The normalized spacial score (nSPS) is 11.0. The van der Waals surface area contributed by atoms with Crippen LogP contribution in [0.25, 0.3) is 0 Å². The van der Waals surface area contributed by atoms with Crippen molar-refractivity contribution in [2.24, 2.45) is 0 Å². The van der Waals surface area contributed by atoms with Crippen LogP contribution in [-0.2, 0) is 21.6 Å². The van der Waals surface area contributed by atoms with Crippen molar-refractivity contribution in [2.45, 2.75) is 32.8 Å². The quantitative estimate of drug-likeness (QED) is 0.843. The number of rotatable bonds is 5. The second-order valence-electron chi connectivity index (χ2n) is 6.33. The van der Waals surface area contributed by atoms with E-state index in [9.17, 15) is 4.79 Å². The summed E-state index contributed by atoms with van der Waals surface area (Å²) in [5, 5.41) is 3.08. The minimum atomic E-state index is -0.260. The van der Waals surface area contributed by atoms with Crippen molar-refractivity contribution in [1.29, 1.82) is 0 Å². The molecular formula is C19H23NO2. The highest BCUT2D eigenvalue weighted by Gasteiger charge is 2.12. The Kier molecular flexibility index (Phi) is 5.21. The molecular weight excluding hydrogens is 274 g/mol. The number of benzene rings is 2. The lowest BCUT2D eigenvalue weighted by Crippen LogP contribution is -2.17. The molecule has 0 fully saturated rings. The molecule has 2 aromatic rings. The summed E-state index contributed by atoms with van der Waals surface area (Å²) in [5.41, 5.74) is 3.31. The molecule has 0 amide bonds. The van der Waals surface area contributed by atoms with Crippen LogP contribution in [0.4, 0.5) is 5.69 Å². The first-order valence-corrected chi connectivity index (χ1v) is 7.49. The van der Waals surface area contributed by atoms with Gasteiger partial charge in [0.2, 0.25) is 0 Å². The van der Waals surface area contributed by atoms with E-state index in [4.69, 9.17) is 4.74 Å². The number of carbonyl (C=O) groups excluding carboxylic acids is 1. The van der Waals surface area contributed by atoms with E-state index < -0.39 is 0 Å². The summed E-state index contributed by atoms with van der Waals surface area (Å²) in [6.45, 7) is 7.01. The van der Waals surface area contributed by atoms with Crippen LogP contribution in [0.3, 0.4) is 0 Å². The number of hydrogen-bond donors (Lipinski definition) is 1. The molecule has 2 rings (SSSR count). The van der Waals surface area contributed by atoms with Crippen molar-refractivity contribution in [2.75, 3.05) is 11.9 Å². The Morgan fingerprint density at radius 2 is 1.64 bits per heavy atom. The van der Waals surface area contributed by atoms with Gasteiger partial charge in [-0.2, -0.15) is 0 Å². The molecule has 0 spiro atoms. The van der Waals surface area contributed by atoms with Crippen molar-refractivity contribution >= 4 is 11.7 Å². The van der Waals surface area contributed by atoms with Gasteiger partial charge in [-0.3, -0.25) is 4.79 Å². The molecule has 0 aromatic heterocycles. The average molecular weight is 297 g/mol. The number of esters is 1. The highest BCUT2D eigenvalue weighted by Crippen LogP contribution is 2.23. The van der Waals surface area contributed by atoms with Gasteiger partial charge < -0.3 is 10.1 Å². The largest absolute Gasteiger partial charge is 0.460 e. The SMILES string of the molecule is CC(C)(C)c1ccc(NCC(=O)OCc2ccccc2)cc1. The number of ether oxygens (including phenoxy) is 1. The van der Waals surface area contributed by atoms with E-state index in [1.807, 2.05) is 42.5 Å². The van der Waals surface area contributed by atoms with Crippen molar-refractivity contribution in [3.05, 3.63) is 65.7 Å². The molecule has 0 bridgehead atoms. The van der Waals surface area contributed by atoms with Gasteiger partial charge in [-0.05, 0) is 28.7 Å². The summed E-state index contributed by atoms with van der Waals surface area (Å²) in [5.74, 6) is -0.260. The van der Waals surface area contributed by atoms with Gasteiger partial charge in [-0.25, -0.2) is 0 Å². The summed E-state index contributed by atoms with van der Waals surface area (Å²) < 4.78 is 5.23. The second kappa shape index (κ2) is 7.12. The molecule has 0 atom stereocenters. The molecule has 2 aromatic carbocycles. The first-order valence-electron chi connectivity index (χ1n) is 7.49. The Bertz CT molecular complexity index is 598. The zero-order chi connectivity index (χ0) is 16.0. The lowest BCUT2D eigenvalue weighted by Gasteiger charge is -2.19. The van der Waals surface area contributed by atoms with Crippen LogP contribution >= 0.6 is 0 Å². The van der Waals surface area contributed by atoms with Crippen LogP contribution < -0.4 is 5.32 Å². The predicted octanol–water partition coefficient (Wildman–Crippen LogP) is 4.14. The van der Waals surface area contributed by atoms with E-state index in [1.54, 1.807) is 0 Å². The van der Waals surface area contributed by atoms with E-state index in [1.165, 1.54) is 5.56 Å². The van der Waals surface area contributed by atoms with Crippen molar-refractivity contribution in [3.8, 4) is 0 Å². The van der Waals surface area contributed by atoms with Gasteiger partial charge in [0.15, 0.2) is 0 Å². The third kappa shape index (κ3) is 4.92. The maximum absolute atomic E-state index is 11.7. The number of nitrogens with one attached hydrogen (secondary N) is 1. The molecule has 0 aliphatic rings. The second-order valence-corrected chi connectivity index (χ2v) is 6.33. The fourth-order valence-electron chi connectivity index (χ4n) is 2.05. The summed E-state index contributed by atoms with van der Waals surface area (Å²) in [6.07, 6.45) is 0. The van der Waals surface area contributed by atoms with Crippen molar-refractivity contribution in [1.82, 2.24) is 0 Å². The van der Waals surface area contributed by atoms with Crippen molar-refractivity contribution < 1.29 is 9.53 Å². The topological polar surface area (TPSA) is 38.3 Å². The molecule has 3 nitrogen and oxygen atoms in total. The third-order valence-corrected chi connectivity index (χ3v) is 3.43. The first kappa shape index (κ1) is 16.1. The molecule has 3 heteroatoms. The highest BCUT2D eigenvalue weighted by molar-refractivity contribution is 5.75. The van der Waals surface area contributed by atoms with Crippen molar-refractivity contribution in [3.63, 3.8) is 0 Å². The van der Waals surface area contributed by atoms with E-state index in [2.05, 4.69) is 38.2 Å². The van der Waals surface area contributed by atoms with Crippen LogP contribution in [0.15, 0.2) is 54.6 Å². The molecule has 0 saturated heterocycles. The lowest BCUT2D eigenvalue weighted by atomic mass is 9.87. The monoisotopic (exact) mass is 297 g/mol. The van der Waals surface area contributed by atoms with Gasteiger partial charge in [0.05, 0.1) is 0 Å². The van der Waals surface area contributed by atoms with Gasteiger partial charge >= 0.3 is 5.97 Å². The highest BCUT2D eigenvalue weighted by atomic mass is 16.5. The van der Waals surface area contributed by atoms with Crippen LogP contribution in [0.1, 0.15) is 31.9 Å². The summed E-state index contributed by atoms with van der Waals surface area (Å²) >= 11 is 0. The maximum Gasteiger partial charge on any atom is 0.325 e. The van der Waals surface area contributed by atoms with Gasteiger partial charge in [0.25, 0.3) is 0 Å². The molecule has 1 N–H and O–H groups in total. The predicted molar refractivity (Wildman–Crippen MR) is 89.9 cm³/mol. The minimum absolute atomic E-state index is 0.132. The van der Waals surface area contributed by atoms with Gasteiger partial charge in [0.1, 0.15) is 13.2 Å². The maximum atomic E-state index is 11.7. The molecule has 0 radical (unpaired) electrons. The fraction of sp³-hybridized carbons (Fsp3) is 0.316. The molecule has 22 heavy (non-hydrogen) atoms. The first-order chi connectivity index (χ1) is 10.4. The van der Waals surface area contributed by atoms with E-state index >= 15 is 0 Å². The van der Waals surface area contributed by atoms with Crippen LogP contribution in [0.2, 0.25) is 0 Å². The molecule has 0 aliphatic heterocycles. The zero-order valence-corrected chi connectivity index (χ0v) is 13.4. The summed E-state index contributed by atoms with van der Waals surface area (Å²) in [7, 11) is 0. The van der Waals surface area contributed by atoms with Crippen LogP contribution in [0.5, 0.6) is 0 Å². The van der Waals surface area contributed by atoms with Gasteiger partial charge in [0, 0.05) is 5.69 Å². The summed E-state index contributed by atoms with van der Waals surface area (Å²) in [6, 6.07) is 17.8. The van der Waals surface area contributed by atoms with Crippen LogP contribution in [-0.4, -0.2) is 12.5 Å². The Balaban J connectivity index is 1.79. The Labute approximate surface area is 132 Å². The van der Waals surface area contributed by atoms with Gasteiger partial charge in [-0.1, -0.05) is 63.2 Å². The summed E-state index contributed by atoms with van der Waals surface area (Å²) in [4.78, 5) is 11.7. The third-order valence-electron chi connectivity index (χ3n) is 3.43. The number of hydrogen-bond acceptors (Lipinski definition) is 3. The minimum Gasteiger partial charge on any atom is -0.460 e. The smallest absolute Gasteiger partial charge is 0.325 e. The van der Waals surface area contributed by atoms with E-state index in [-0.39, 0.29) is 17.9 Å². The van der Waals surface area contributed by atoms with Gasteiger partial charge in [-0.15, -0.1) is 0 Å².